The number of anilines is 1. The van der Waals surface area contributed by atoms with Gasteiger partial charge in [-0.05, 0) is 42.5 Å². The van der Waals surface area contributed by atoms with E-state index < -0.39 is 0 Å². The minimum absolute atomic E-state index is 0.0334. The standard InChI is InChI=1S/C19H20ClN5O2/c20-16-8-14(10-23-18(26)15-2-1-5-21-11-15)9-22-17(16)25-7-6-24(19(25)27)12-13-3-4-13/h1-2,5,8-9,11,13H,3-4,6-7,10,12H2,(H,23,26). The number of carbonyl (C=O) groups excluding carboxylic acids is 2. The molecule has 3 amide bonds. The average molecular weight is 386 g/mol. The highest BCUT2D eigenvalue weighted by Gasteiger charge is 2.35. The van der Waals surface area contributed by atoms with Gasteiger partial charge in [-0.2, -0.15) is 0 Å². The van der Waals surface area contributed by atoms with Crippen molar-refractivity contribution in [3.05, 3.63) is 52.9 Å². The largest absolute Gasteiger partial charge is 0.348 e. The molecule has 0 radical (unpaired) electrons. The monoisotopic (exact) mass is 385 g/mol. The number of halogens is 1. The Labute approximate surface area is 162 Å². The van der Waals surface area contributed by atoms with E-state index in [4.69, 9.17) is 11.6 Å². The fraction of sp³-hybridized carbons (Fsp3) is 0.368. The van der Waals surface area contributed by atoms with Gasteiger partial charge in [-0.3, -0.25) is 14.7 Å². The van der Waals surface area contributed by atoms with Crippen LogP contribution in [0.25, 0.3) is 0 Å². The van der Waals surface area contributed by atoms with Crippen LogP contribution in [0.5, 0.6) is 0 Å². The van der Waals surface area contributed by atoms with E-state index in [0.717, 1.165) is 12.1 Å². The van der Waals surface area contributed by atoms with Crippen molar-refractivity contribution in [3.63, 3.8) is 0 Å². The maximum absolute atomic E-state index is 12.6. The first-order chi connectivity index (χ1) is 13.1. The Kier molecular flexibility index (Phi) is 4.94. The molecule has 2 aliphatic rings. The molecule has 7 nitrogen and oxygen atoms in total. The van der Waals surface area contributed by atoms with Gasteiger partial charge in [-0.1, -0.05) is 11.6 Å². The van der Waals surface area contributed by atoms with Crippen LogP contribution in [-0.2, 0) is 6.54 Å². The summed E-state index contributed by atoms with van der Waals surface area (Å²) in [5.74, 6) is 0.916. The van der Waals surface area contributed by atoms with Gasteiger partial charge >= 0.3 is 6.03 Å². The summed E-state index contributed by atoms with van der Waals surface area (Å²) in [7, 11) is 0. The van der Waals surface area contributed by atoms with Crippen molar-refractivity contribution in [2.75, 3.05) is 24.5 Å². The number of amides is 3. The number of hydrogen-bond donors (Lipinski definition) is 1. The number of urea groups is 1. The highest BCUT2D eigenvalue weighted by molar-refractivity contribution is 6.33. The summed E-state index contributed by atoms with van der Waals surface area (Å²) < 4.78 is 0. The van der Waals surface area contributed by atoms with Crippen LogP contribution in [0.15, 0.2) is 36.8 Å². The number of aromatic nitrogens is 2. The second kappa shape index (κ2) is 7.52. The molecule has 0 bridgehead atoms. The number of nitrogens with one attached hydrogen (secondary N) is 1. The van der Waals surface area contributed by atoms with Crippen LogP contribution < -0.4 is 10.2 Å². The molecule has 0 spiro atoms. The predicted octanol–water partition coefficient (Wildman–Crippen LogP) is 2.71. The second-order valence-electron chi connectivity index (χ2n) is 6.90. The van der Waals surface area contributed by atoms with Gasteiger partial charge in [0.15, 0.2) is 5.82 Å². The fourth-order valence-electron chi connectivity index (χ4n) is 3.11. The van der Waals surface area contributed by atoms with Crippen LogP contribution in [0, 0.1) is 5.92 Å². The third-order valence-corrected chi connectivity index (χ3v) is 5.06. The molecule has 2 aromatic heterocycles. The molecular formula is C19H20ClN5O2. The van der Waals surface area contributed by atoms with Crippen molar-refractivity contribution in [1.29, 1.82) is 0 Å². The van der Waals surface area contributed by atoms with E-state index in [-0.39, 0.29) is 11.9 Å². The maximum atomic E-state index is 12.6. The summed E-state index contributed by atoms with van der Waals surface area (Å²) in [6.45, 7) is 2.42. The number of carbonyl (C=O) groups is 2. The lowest BCUT2D eigenvalue weighted by Gasteiger charge is -2.19. The lowest BCUT2D eigenvalue weighted by Crippen LogP contribution is -2.33. The molecule has 1 saturated carbocycles. The van der Waals surface area contributed by atoms with Gasteiger partial charge in [0, 0.05) is 44.8 Å². The van der Waals surface area contributed by atoms with Crippen molar-refractivity contribution < 1.29 is 9.59 Å². The molecule has 2 aromatic rings. The molecule has 1 saturated heterocycles. The molecule has 0 aromatic carbocycles. The topological polar surface area (TPSA) is 78.4 Å². The smallest absolute Gasteiger partial charge is 0.325 e. The van der Waals surface area contributed by atoms with E-state index in [2.05, 4.69) is 15.3 Å². The zero-order chi connectivity index (χ0) is 18.8. The highest BCUT2D eigenvalue weighted by atomic mass is 35.5. The van der Waals surface area contributed by atoms with Gasteiger partial charge in [0.2, 0.25) is 0 Å². The van der Waals surface area contributed by atoms with Gasteiger partial charge in [-0.25, -0.2) is 9.78 Å². The summed E-state index contributed by atoms with van der Waals surface area (Å²) in [6.07, 6.45) is 7.19. The van der Waals surface area contributed by atoms with E-state index in [1.165, 1.54) is 19.0 Å². The Bertz CT molecular complexity index is 856. The Morgan fingerprint density at radius 3 is 2.85 bits per heavy atom. The van der Waals surface area contributed by atoms with Crippen LogP contribution in [0.2, 0.25) is 5.02 Å². The van der Waals surface area contributed by atoms with Crippen LogP contribution in [0.4, 0.5) is 10.6 Å². The van der Waals surface area contributed by atoms with Crippen LogP contribution >= 0.6 is 11.6 Å². The van der Waals surface area contributed by atoms with Crippen molar-refractivity contribution in [2.24, 2.45) is 5.92 Å². The first kappa shape index (κ1) is 17.7. The molecule has 1 N–H and O–H groups in total. The van der Waals surface area contributed by atoms with E-state index in [1.54, 1.807) is 35.5 Å². The van der Waals surface area contributed by atoms with E-state index in [1.807, 2.05) is 4.90 Å². The zero-order valence-corrected chi connectivity index (χ0v) is 15.5. The van der Waals surface area contributed by atoms with Crippen LogP contribution in [0.3, 0.4) is 0 Å². The van der Waals surface area contributed by atoms with Crippen molar-refractivity contribution in [1.82, 2.24) is 20.2 Å². The lowest BCUT2D eigenvalue weighted by atomic mass is 10.2. The molecule has 27 heavy (non-hydrogen) atoms. The number of rotatable bonds is 6. The predicted molar refractivity (Wildman–Crippen MR) is 102 cm³/mol. The normalized spacial score (nSPS) is 16.7. The second-order valence-corrected chi connectivity index (χ2v) is 7.30. The van der Waals surface area contributed by atoms with Gasteiger partial charge in [-0.15, -0.1) is 0 Å². The summed E-state index contributed by atoms with van der Waals surface area (Å²) in [6, 6.07) is 5.11. The van der Waals surface area contributed by atoms with Crippen molar-refractivity contribution >= 4 is 29.4 Å². The summed E-state index contributed by atoms with van der Waals surface area (Å²) in [4.78, 5) is 36.5. The number of pyridine rings is 2. The number of nitrogens with zero attached hydrogens (tertiary/aromatic N) is 4. The van der Waals surface area contributed by atoms with Gasteiger partial charge in [0.05, 0.1) is 10.6 Å². The first-order valence-electron chi connectivity index (χ1n) is 9.01. The van der Waals surface area contributed by atoms with Crippen LogP contribution in [0.1, 0.15) is 28.8 Å². The van der Waals surface area contributed by atoms with Crippen molar-refractivity contribution in [3.8, 4) is 0 Å². The molecule has 2 fully saturated rings. The van der Waals surface area contributed by atoms with Crippen LogP contribution in [-0.4, -0.2) is 46.4 Å². The highest BCUT2D eigenvalue weighted by Crippen LogP contribution is 2.32. The Morgan fingerprint density at radius 2 is 2.15 bits per heavy atom. The van der Waals surface area contributed by atoms with Gasteiger partial charge in [0.25, 0.3) is 5.91 Å². The molecular weight excluding hydrogens is 366 g/mol. The molecule has 3 heterocycles. The van der Waals surface area contributed by atoms with E-state index >= 15 is 0 Å². The molecule has 0 atom stereocenters. The first-order valence-corrected chi connectivity index (χ1v) is 9.38. The Balaban J connectivity index is 1.39. The number of hydrogen-bond acceptors (Lipinski definition) is 4. The molecule has 140 valence electrons. The summed E-state index contributed by atoms with van der Waals surface area (Å²) in [5, 5.41) is 3.22. The van der Waals surface area contributed by atoms with E-state index in [9.17, 15) is 9.59 Å². The minimum atomic E-state index is -0.214. The average Bonchev–Trinajstić information content (AvgIpc) is 3.44. The fourth-order valence-corrected chi connectivity index (χ4v) is 3.40. The molecule has 4 rings (SSSR count). The molecule has 8 heteroatoms. The Hall–Kier alpha value is -2.67. The molecule has 1 aliphatic carbocycles. The molecule has 0 unspecified atom stereocenters. The lowest BCUT2D eigenvalue weighted by molar-refractivity contribution is 0.0950. The SMILES string of the molecule is O=C(NCc1cnc(N2CCN(CC3CC3)C2=O)c(Cl)c1)c1cccnc1. The Morgan fingerprint density at radius 1 is 1.30 bits per heavy atom. The maximum Gasteiger partial charge on any atom is 0.325 e. The zero-order valence-electron chi connectivity index (χ0n) is 14.8. The summed E-state index contributed by atoms with van der Waals surface area (Å²) in [5.41, 5.74) is 1.26. The quantitative estimate of drug-likeness (QED) is 0.829. The summed E-state index contributed by atoms with van der Waals surface area (Å²) >= 11 is 6.38. The minimum Gasteiger partial charge on any atom is -0.348 e. The van der Waals surface area contributed by atoms with E-state index in [0.29, 0.717) is 42.0 Å². The third kappa shape index (κ3) is 4.03. The third-order valence-electron chi connectivity index (χ3n) is 4.78. The van der Waals surface area contributed by atoms with Crippen molar-refractivity contribution in [2.45, 2.75) is 19.4 Å². The molecule has 1 aliphatic heterocycles. The van der Waals surface area contributed by atoms with Gasteiger partial charge in [0.1, 0.15) is 0 Å². The van der Waals surface area contributed by atoms with Gasteiger partial charge < -0.3 is 10.2 Å².